The van der Waals surface area contributed by atoms with Gasteiger partial charge in [-0.1, -0.05) is 24.4 Å². The van der Waals surface area contributed by atoms with Crippen molar-refractivity contribution < 1.29 is 13.2 Å². The summed E-state index contributed by atoms with van der Waals surface area (Å²) in [4.78, 5) is 12.1. The number of benzene rings is 1. The number of rotatable bonds is 3. The van der Waals surface area contributed by atoms with E-state index < -0.39 is 10.0 Å². The second-order valence-electron chi connectivity index (χ2n) is 5.54. The molecule has 1 aromatic rings. The molecular weight excluding hydrogens is 380 g/mol. The highest BCUT2D eigenvalue weighted by Gasteiger charge is 2.31. The fourth-order valence-corrected chi connectivity index (χ4v) is 4.36. The van der Waals surface area contributed by atoms with Crippen LogP contribution in [0, 0.1) is 0 Å². The number of carbonyl (C=O) groups is 1. The Morgan fingerprint density at radius 2 is 1.95 bits per heavy atom. The van der Waals surface area contributed by atoms with E-state index in [4.69, 9.17) is 16.7 Å². The van der Waals surface area contributed by atoms with Crippen molar-refractivity contribution in [3.05, 3.63) is 27.2 Å². The van der Waals surface area contributed by atoms with Gasteiger partial charge in [0.05, 0.1) is 14.4 Å². The summed E-state index contributed by atoms with van der Waals surface area (Å²) in [5.74, 6) is -0.348. The van der Waals surface area contributed by atoms with Crippen LogP contribution in [-0.2, 0) is 10.0 Å². The van der Waals surface area contributed by atoms with Crippen molar-refractivity contribution in [3.8, 4) is 0 Å². The molecule has 0 bridgehead atoms. The first kappa shape index (κ1) is 16.7. The summed E-state index contributed by atoms with van der Waals surface area (Å²) in [6.07, 6.45) is 3.96. The number of nitrogens with two attached hydrogens (primary N) is 1. The summed E-state index contributed by atoms with van der Waals surface area (Å²) < 4.78 is 23.3. The first-order chi connectivity index (χ1) is 9.62. The minimum atomic E-state index is -3.97. The highest BCUT2D eigenvalue weighted by atomic mass is 79.9. The van der Waals surface area contributed by atoms with E-state index in [1.165, 1.54) is 12.1 Å². The number of hydrogen-bond acceptors (Lipinski definition) is 3. The van der Waals surface area contributed by atoms with Crippen molar-refractivity contribution in [1.29, 1.82) is 0 Å². The zero-order chi connectivity index (χ0) is 15.8. The third kappa shape index (κ3) is 3.77. The smallest absolute Gasteiger partial charge is 0.251 e. The lowest BCUT2D eigenvalue weighted by Crippen LogP contribution is -2.43. The maximum absolute atomic E-state index is 12.3. The van der Waals surface area contributed by atoms with Gasteiger partial charge in [0.15, 0.2) is 0 Å². The van der Waals surface area contributed by atoms with Crippen LogP contribution in [-0.4, -0.2) is 19.9 Å². The van der Waals surface area contributed by atoms with E-state index in [1.807, 2.05) is 6.92 Å². The van der Waals surface area contributed by atoms with E-state index in [-0.39, 0.29) is 31.4 Å². The number of hydrogen-bond donors (Lipinski definition) is 2. The zero-order valence-electron chi connectivity index (χ0n) is 11.4. The number of sulfonamides is 1. The molecule has 116 valence electrons. The Kier molecular flexibility index (Phi) is 4.68. The molecule has 0 aromatic heterocycles. The molecule has 0 atom stereocenters. The standard InChI is InChI=1S/C13H16BrClN2O3S/c1-13(4-2-3-5-13)17-12(18)8-6-9(15)11(14)10(7-8)21(16,19)20/h6-7H,2-5H2,1H3,(H,17,18)(H2,16,19,20). The molecule has 2 rings (SSSR count). The highest BCUT2D eigenvalue weighted by molar-refractivity contribution is 9.10. The maximum atomic E-state index is 12.3. The molecule has 21 heavy (non-hydrogen) atoms. The zero-order valence-corrected chi connectivity index (χ0v) is 14.6. The molecule has 0 spiro atoms. The van der Waals surface area contributed by atoms with Gasteiger partial charge in [-0.3, -0.25) is 4.79 Å². The maximum Gasteiger partial charge on any atom is 0.251 e. The average Bonchev–Trinajstić information content (AvgIpc) is 2.77. The predicted octanol–water partition coefficient (Wildman–Crippen LogP) is 2.81. The largest absolute Gasteiger partial charge is 0.347 e. The molecule has 1 aliphatic carbocycles. The van der Waals surface area contributed by atoms with Gasteiger partial charge in [-0.25, -0.2) is 13.6 Å². The summed E-state index contributed by atoms with van der Waals surface area (Å²) in [7, 11) is -3.97. The number of nitrogens with one attached hydrogen (secondary N) is 1. The van der Waals surface area contributed by atoms with E-state index in [9.17, 15) is 13.2 Å². The molecule has 8 heteroatoms. The average molecular weight is 396 g/mol. The summed E-state index contributed by atoms with van der Waals surface area (Å²) in [6.45, 7) is 1.99. The summed E-state index contributed by atoms with van der Waals surface area (Å²) >= 11 is 9.05. The van der Waals surface area contributed by atoms with Crippen LogP contribution in [0.15, 0.2) is 21.5 Å². The van der Waals surface area contributed by atoms with Crippen molar-refractivity contribution in [1.82, 2.24) is 5.32 Å². The summed E-state index contributed by atoms with van der Waals surface area (Å²) in [5, 5.41) is 8.21. The molecule has 0 saturated heterocycles. The number of amides is 1. The molecule has 1 fully saturated rings. The number of halogens is 2. The normalized spacial score (nSPS) is 17.7. The molecule has 1 amide bonds. The third-order valence-electron chi connectivity index (χ3n) is 3.69. The van der Waals surface area contributed by atoms with E-state index in [2.05, 4.69) is 21.2 Å². The fraction of sp³-hybridized carbons (Fsp3) is 0.462. The van der Waals surface area contributed by atoms with Gasteiger partial charge in [0.1, 0.15) is 0 Å². The lowest BCUT2D eigenvalue weighted by Gasteiger charge is -2.25. The lowest BCUT2D eigenvalue weighted by molar-refractivity contribution is 0.0908. The van der Waals surface area contributed by atoms with Crippen molar-refractivity contribution in [2.45, 2.75) is 43.0 Å². The second-order valence-corrected chi connectivity index (χ2v) is 8.27. The predicted molar refractivity (Wildman–Crippen MR) is 84.9 cm³/mol. The van der Waals surface area contributed by atoms with Crippen LogP contribution in [0.3, 0.4) is 0 Å². The van der Waals surface area contributed by atoms with E-state index >= 15 is 0 Å². The van der Waals surface area contributed by atoms with Crippen LogP contribution < -0.4 is 10.5 Å². The van der Waals surface area contributed by atoms with Crippen LogP contribution in [0.2, 0.25) is 5.02 Å². The van der Waals surface area contributed by atoms with Gasteiger partial charge in [-0.2, -0.15) is 0 Å². The van der Waals surface area contributed by atoms with Crippen LogP contribution >= 0.6 is 27.5 Å². The second kappa shape index (κ2) is 5.87. The lowest BCUT2D eigenvalue weighted by atomic mass is 10.00. The van der Waals surface area contributed by atoms with E-state index in [1.54, 1.807) is 0 Å². The Balaban J connectivity index is 2.36. The molecule has 1 aromatic carbocycles. The Bertz CT molecular complexity index is 685. The molecule has 0 unspecified atom stereocenters. The molecule has 1 aliphatic rings. The summed E-state index contributed by atoms with van der Waals surface area (Å²) in [5.41, 5.74) is -0.0707. The molecule has 1 saturated carbocycles. The number of primary sulfonamides is 1. The molecule has 0 radical (unpaired) electrons. The van der Waals surface area contributed by atoms with Gasteiger partial charge in [0, 0.05) is 11.1 Å². The topological polar surface area (TPSA) is 89.3 Å². The first-order valence-corrected chi connectivity index (χ1v) is 9.18. The quantitative estimate of drug-likeness (QED) is 0.824. The third-order valence-corrected chi connectivity index (χ3v) is 6.26. The first-order valence-electron chi connectivity index (χ1n) is 6.47. The highest BCUT2D eigenvalue weighted by Crippen LogP contribution is 2.32. The van der Waals surface area contributed by atoms with E-state index in [0.717, 1.165) is 25.7 Å². The summed E-state index contributed by atoms with van der Waals surface area (Å²) in [6, 6.07) is 2.66. The Morgan fingerprint density at radius 3 is 2.48 bits per heavy atom. The van der Waals surface area contributed by atoms with Gasteiger partial charge in [0.2, 0.25) is 10.0 Å². The van der Waals surface area contributed by atoms with Gasteiger partial charge in [-0.05, 0) is 47.8 Å². The Labute approximate surface area is 137 Å². The fourth-order valence-electron chi connectivity index (χ4n) is 2.53. The monoisotopic (exact) mass is 394 g/mol. The minimum Gasteiger partial charge on any atom is -0.347 e. The Hall–Kier alpha value is -0.630. The van der Waals surface area contributed by atoms with Crippen LogP contribution in [0.1, 0.15) is 43.0 Å². The van der Waals surface area contributed by atoms with Crippen LogP contribution in [0.5, 0.6) is 0 Å². The van der Waals surface area contributed by atoms with Crippen molar-refractivity contribution in [2.75, 3.05) is 0 Å². The van der Waals surface area contributed by atoms with Crippen molar-refractivity contribution in [3.63, 3.8) is 0 Å². The molecular formula is C13H16BrClN2O3S. The number of carbonyl (C=O) groups excluding carboxylic acids is 1. The van der Waals surface area contributed by atoms with Gasteiger partial charge in [-0.15, -0.1) is 0 Å². The molecule has 5 nitrogen and oxygen atoms in total. The van der Waals surface area contributed by atoms with Gasteiger partial charge < -0.3 is 5.32 Å². The SMILES string of the molecule is CC1(NC(=O)c2cc(Cl)c(Br)c(S(N)(=O)=O)c2)CCCC1. The van der Waals surface area contributed by atoms with Gasteiger partial charge >= 0.3 is 0 Å². The van der Waals surface area contributed by atoms with Crippen molar-refractivity contribution in [2.24, 2.45) is 5.14 Å². The van der Waals surface area contributed by atoms with Crippen LogP contribution in [0.4, 0.5) is 0 Å². The molecule has 0 heterocycles. The molecule has 0 aliphatic heterocycles. The van der Waals surface area contributed by atoms with Crippen molar-refractivity contribution >= 4 is 43.5 Å². The molecule has 3 N–H and O–H groups in total. The Morgan fingerprint density at radius 1 is 1.38 bits per heavy atom. The van der Waals surface area contributed by atoms with Crippen LogP contribution in [0.25, 0.3) is 0 Å². The van der Waals surface area contributed by atoms with Gasteiger partial charge in [0.25, 0.3) is 5.91 Å². The minimum absolute atomic E-state index is 0.128. The van der Waals surface area contributed by atoms with E-state index in [0.29, 0.717) is 0 Å².